The number of alkyl carbamates (subject to hydrolysis) is 1. The molecule has 0 spiro atoms. The molecule has 0 radical (unpaired) electrons. The predicted octanol–water partition coefficient (Wildman–Crippen LogP) is 3.14. The fourth-order valence-corrected chi connectivity index (χ4v) is 2.21. The highest BCUT2D eigenvalue weighted by atomic mass is 32.1. The van der Waals surface area contributed by atoms with Crippen LogP contribution in [0.5, 0.6) is 0 Å². The Hall–Kier alpha value is -1.07. The summed E-state index contributed by atoms with van der Waals surface area (Å²) in [4.78, 5) is 11.7. The molecule has 0 atom stereocenters. The lowest BCUT2D eigenvalue weighted by atomic mass is 10.1. The van der Waals surface area contributed by atoms with Gasteiger partial charge in [-0.2, -0.15) is 11.3 Å². The normalized spacial score (nSPS) is 12.3. The predicted molar refractivity (Wildman–Crippen MR) is 79.5 cm³/mol. The van der Waals surface area contributed by atoms with Crippen LogP contribution in [0.25, 0.3) is 0 Å². The number of carbonyl (C=O) groups excluding carboxylic acids is 1. The summed E-state index contributed by atoms with van der Waals surface area (Å²) in [6.07, 6.45) is -0.380. The highest BCUT2D eigenvalue weighted by molar-refractivity contribution is 7.07. The van der Waals surface area contributed by atoms with Crippen LogP contribution in [0.15, 0.2) is 16.8 Å². The van der Waals surface area contributed by atoms with Gasteiger partial charge in [0, 0.05) is 13.1 Å². The van der Waals surface area contributed by atoms with Crippen LogP contribution in [0, 0.1) is 0 Å². The maximum Gasteiger partial charge on any atom is 0.408 e. The molecule has 0 saturated heterocycles. The van der Waals surface area contributed by atoms with Crippen molar-refractivity contribution < 1.29 is 9.53 Å². The van der Waals surface area contributed by atoms with Gasteiger partial charge in [0.1, 0.15) is 5.60 Å². The standard InChI is InChI=1S/C14H24N2O2S/c1-13(2,3)18-12(17)16-14(4,5)10-15-8-11-6-7-19-9-11/h6-7,9,15H,8,10H2,1-5H3,(H,16,17). The Morgan fingerprint density at radius 2 is 2.00 bits per heavy atom. The molecule has 0 aromatic carbocycles. The summed E-state index contributed by atoms with van der Waals surface area (Å²) in [6, 6.07) is 2.09. The first kappa shape index (κ1) is 16.0. The second-order valence-electron chi connectivity index (χ2n) is 6.25. The number of thiophene rings is 1. The molecular weight excluding hydrogens is 260 g/mol. The molecule has 1 amide bonds. The molecule has 0 bridgehead atoms. The summed E-state index contributed by atoms with van der Waals surface area (Å²) in [7, 11) is 0. The molecule has 0 aliphatic heterocycles. The monoisotopic (exact) mass is 284 g/mol. The lowest BCUT2D eigenvalue weighted by molar-refractivity contribution is 0.0472. The quantitative estimate of drug-likeness (QED) is 0.873. The molecule has 0 aliphatic rings. The van der Waals surface area contributed by atoms with Gasteiger partial charge in [-0.1, -0.05) is 0 Å². The molecule has 0 saturated carbocycles. The number of nitrogens with one attached hydrogen (secondary N) is 2. The number of ether oxygens (including phenoxy) is 1. The van der Waals surface area contributed by atoms with Gasteiger partial charge < -0.3 is 15.4 Å². The van der Waals surface area contributed by atoms with Gasteiger partial charge in [0.05, 0.1) is 5.54 Å². The van der Waals surface area contributed by atoms with E-state index < -0.39 is 5.60 Å². The van der Waals surface area contributed by atoms with Crippen LogP contribution >= 0.6 is 11.3 Å². The van der Waals surface area contributed by atoms with Gasteiger partial charge in [0.25, 0.3) is 0 Å². The van der Waals surface area contributed by atoms with Gasteiger partial charge in [-0.25, -0.2) is 4.79 Å². The first-order valence-electron chi connectivity index (χ1n) is 6.41. The topological polar surface area (TPSA) is 50.4 Å². The van der Waals surface area contributed by atoms with Gasteiger partial charge in [-0.3, -0.25) is 0 Å². The average molecular weight is 284 g/mol. The van der Waals surface area contributed by atoms with E-state index >= 15 is 0 Å². The van der Waals surface area contributed by atoms with Gasteiger partial charge in [-0.05, 0) is 57.0 Å². The summed E-state index contributed by atoms with van der Waals surface area (Å²) in [5.74, 6) is 0. The van der Waals surface area contributed by atoms with Crippen molar-refractivity contribution in [3.05, 3.63) is 22.4 Å². The largest absolute Gasteiger partial charge is 0.444 e. The molecule has 0 aliphatic carbocycles. The number of rotatable bonds is 5. The highest BCUT2D eigenvalue weighted by Gasteiger charge is 2.24. The van der Waals surface area contributed by atoms with Crippen molar-refractivity contribution in [2.75, 3.05) is 6.54 Å². The van der Waals surface area contributed by atoms with Crippen molar-refractivity contribution in [3.8, 4) is 0 Å². The zero-order valence-electron chi connectivity index (χ0n) is 12.4. The fourth-order valence-electron chi connectivity index (χ4n) is 1.54. The molecule has 5 heteroatoms. The van der Waals surface area contributed by atoms with E-state index in [1.807, 2.05) is 34.6 Å². The third-order valence-electron chi connectivity index (χ3n) is 2.32. The van der Waals surface area contributed by atoms with Crippen LogP contribution < -0.4 is 10.6 Å². The molecule has 1 aromatic heterocycles. The Balaban J connectivity index is 2.32. The van der Waals surface area contributed by atoms with E-state index in [4.69, 9.17) is 4.74 Å². The minimum Gasteiger partial charge on any atom is -0.444 e. The summed E-state index contributed by atoms with van der Waals surface area (Å²) in [5.41, 5.74) is 0.445. The van der Waals surface area contributed by atoms with Crippen molar-refractivity contribution in [2.24, 2.45) is 0 Å². The Labute approximate surface area is 119 Å². The summed E-state index contributed by atoms with van der Waals surface area (Å²) >= 11 is 1.68. The van der Waals surface area contributed by atoms with E-state index in [0.717, 1.165) is 6.54 Å². The van der Waals surface area contributed by atoms with Gasteiger partial charge in [0.2, 0.25) is 0 Å². The summed E-state index contributed by atoms with van der Waals surface area (Å²) in [6.45, 7) is 11.0. The second-order valence-corrected chi connectivity index (χ2v) is 7.03. The van der Waals surface area contributed by atoms with Crippen LogP contribution in [0.2, 0.25) is 0 Å². The van der Waals surface area contributed by atoms with E-state index in [9.17, 15) is 4.79 Å². The van der Waals surface area contributed by atoms with Crippen molar-refractivity contribution in [3.63, 3.8) is 0 Å². The molecule has 0 fully saturated rings. The Kier molecular flexibility index (Phi) is 5.38. The summed E-state index contributed by atoms with van der Waals surface area (Å²) < 4.78 is 5.25. The highest BCUT2D eigenvalue weighted by Crippen LogP contribution is 2.10. The molecule has 1 heterocycles. The van der Waals surface area contributed by atoms with Crippen molar-refractivity contribution in [2.45, 2.75) is 52.3 Å². The Bertz CT molecular complexity index is 394. The van der Waals surface area contributed by atoms with Gasteiger partial charge >= 0.3 is 6.09 Å². The Morgan fingerprint density at radius 1 is 1.32 bits per heavy atom. The number of hydrogen-bond donors (Lipinski definition) is 2. The zero-order valence-corrected chi connectivity index (χ0v) is 13.2. The molecule has 4 nitrogen and oxygen atoms in total. The smallest absolute Gasteiger partial charge is 0.408 e. The second kappa shape index (κ2) is 6.39. The number of carbonyl (C=O) groups is 1. The maximum atomic E-state index is 11.7. The van der Waals surface area contributed by atoms with E-state index in [1.165, 1.54) is 5.56 Å². The number of amides is 1. The third kappa shape index (κ3) is 7.18. The van der Waals surface area contributed by atoms with E-state index in [2.05, 4.69) is 27.5 Å². The molecular formula is C14H24N2O2S. The van der Waals surface area contributed by atoms with E-state index in [0.29, 0.717) is 6.54 Å². The first-order valence-corrected chi connectivity index (χ1v) is 7.35. The van der Waals surface area contributed by atoms with E-state index in [1.54, 1.807) is 11.3 Å². The van der Waals surface area contributed by atoms with Gasteiger partial charge in [-0.15, -0.1) is 0 Å². The molecule has 108 valence electrons. The van der Waals surface area contributed by atoms with Gasteiger partial charge in [0.15, 0.2) is 0 Å². The molecule has 1 aromatic rings. The van der Waals surface area contributed by atoms with Crippen LogP contribution in [-0.4, -0.2) is 23.8 Å². The lowest BCUT2D eigenvalue weighted by Gasteiger charge is -2.28. The Morgan fingerprint density at radius 3 is 2.53 bits per heavy atom. The molecule has 19 heavy (non-hydrogen) atoms. The molecule has 2 N–H and O–H groups in total. The van der Waals surface area contributed by atoms with Crippen LogP contribution in [0.1, 0.15) is 40.2 Å². The first-order chi connectivity index (χ1) is 8.68. The minimum atomic E-state index is -0.468. The van der Waals surface area contributed by atoms with Crippen molar-refractivity contribution in [1.82, 2.24) is 10.6 Å². The lowest BCUT2D eigenvalue weighted by Crippen LogP contribution is -2.51. The fraction of sp³-hybridized carbons (Fsp3) is 0.643. The maximum absolute atomic E-state index is 11.7. The average Bonchev–Trinajstić information content (AvgIpc) is 2.65. The molecule has 0 unspecified atom stereocenters. The SMILES string of the molecule is CC(C)(CNCc1ccsc1)NC(=O)OC(C)(C)C. The van der Waals surface area contributed by atoms with Crippen LogP contribution in [-0.2, 0) is 11.3 Å². The van der Waals surface area contributed by atoms with Crippen molar-refractivity contribution in [1.29, 1.82) is 0 Å². The number of hydrogen-bond acceptors (Lipinski definition) is 4. The van der Waals surface area contributed by atoms with Crippen LogP contribution in [0.3, 0.4) is 0 Å². The van der Waals surface area contributed by atoms with Crippen LogP contribution in [0.4, 0.5) is 4.79 Å². The third-order valence-corrected chi connectivity index (χ3v) is 3.05. The van der Waals surface area contributed by atoms with E-state index in [-0.39, 0.29) is 11.6 Å². The summed E-state index contributed by atoms with van der Waals surface area (Å²) in [5, 5.41) is 10.4. The zero-order chi connectivity index (χ0) is 14.5. The minimum absolute atomic E-state index is 0.349. The van der Waals surface area contributed by atoms with Crippen molar-refractivity contribution >= 4 is 17.4 Å². The molecule has 1 rings (SSSR count).